The van der Waals surface area contributed by atoms with Crippen molar-refractivity contribution in [3.63, 3.8) is 0 Å². The van der Waals surface area contributed by atoms with Crippen LogP contribution in [0.1, 0.15) is 15.9 Å². The van der Waals surface area contributed by atoms with Crippen LogP contribution in [0.2, 0.25) is 0 Å². The zero-order valence-corrected chi connectivity index (χ0v) is 15.7. The Balaban J connectivity index is 1.48. The molecule has 148 valence electrons. The van der Waals surface area contributed by atoms with E-state index in [-0.39, 0.29) is 11.5 Å². The second-order valence-electron chi connectivity index (χ2n) is 6.68. The van der Waals surface area contributed by atoms with Crippen LogP contribution in [0, 0.1) is 0 Å². The minimum Gasteiger partial charge on any atom is -0.397 e. The zero-order valence-electron chi connectivity index (χ0n) is 15.7. The van der Waals surface area contributed by atoms with Gasteiger partial charge in [-0.25, -0.2) is 4.98 Å². The number of pyridine rings is 2. The van der Waals surface area contributed by atoms with E-state index in [0.717, 1.165) is 11.1 Å². The van der Waals surface area contributed by atoms with Gasteiger partial charge in [0.05, 0.1) is 24.5 Å². The minimum atomic E-state index is -0.307. The first-order valence-corrected chi connectivity index (χ1v) is 9.29. The Morgan fingerprint density at radius 1 is 1.21 bits per heavy atom. The molecular formula is C21H21N5O3. The zero-order chi connectivity index (χ0) is 20.2. The number of ether oxygens (including phenoxy) is 1. The van der Waals surface area contributed by atoms with Gasteiger partial charge in [-0.1, -0.05) is 0 Å². The van der Waals surface area contributed by atoms with Crippen molar-refractivity contribution in [1.29, 1.82) is 0 Å². The molecule has 0 radical (unpaired) electrons. The molecule has 0 spiro atoms. The molecule has 0 atom stereocenters. The van der Waals surface area contributed by atoms with E-state index in [9.17, 15) is 9.59 Å². The lowest BCUT2D eigenvalue weighted by molar-refractivity contribution is 0.0303. The van der Waals surface area contributed by atoms with Crippen LogP contribution in [0.3, 0.4) is 0 Å². The predicted octanol–water partition coefficient (Wildman–Crippen LogP) is 1.76. The van der Waals surface area contributed by atoms with Crippen molar-refractivity contribution in [2.24, 2.45) is 5.73 Å². The quantitative estimate of drug-likeness (QED) is 0.625. The summed E-state index contributed by atoms with van der Waals surface area (Å²) in [4.78, 5) is 33.4. The topological polar surface area (TPSA) is 113 Å². The van der Waals surface area contributed by atoms with Gasteiger partial charge in [0.2, 0.25) is 0 Å². The number of carbonyl (C=O) groups is 1. The molecule has 8 nitrogen and oxygen atoms in total. The molecule has 0 saturated carbocycles. The summed E-state index contributed by atoms with van der Waals surface area (Å²) in [5.41, 5.74) is 8.33. The summed E-state index contributed by atoms with van der Waals surface area (Å²) < 4.78 is 5.28. The highest BCUT2D eigenvalue weighted by atomic mass is 16.5. The van der Waals surface area contributed by atoms with E-state index in [2.05, 4.69) is 15.3 Å². The molecule has 1 saturated heterocycles. The van der Waals surface area contributed by atoms with Crippen molar-refractivity contribution >= 4 is 28.3 Å². The molecule has 1 aromatic carbocycles. The number of nitrogens with one attached hydrogen (secondary N) is 2. The van der Waals surface area contributed by atoms with Crippen LogP contribution in [0.4, 0.5) is 5.69 Å². The fourth-order valence-corrected chi connectivity index (χ4v) is 3.15. The number of aromatic nitrogens is 2. The van der Waals surface area contributed by atoms with Gasteiger partial charge < -0.3 is 25.7 Å². The summed E-state index contributed by atoms with van der Waals surface area (Å²) in [6, 6.07) is 12.5. The number of morpholine rings is 1. The third-order valence-corrected chi connectivity index (χ3v) is 4.75. The summed E-state index contributed by atoms with van der Waals surface area (Å²) in [5.74, 6) is -0.00814. The molecule has 0 aliphatic carbocycles. The highest BCUT2D eigenvalue weighted by molar-refractivity contribution is 5.94. The van der Waals surface area contributed by atoms with E-state index < -0.39 is 0 Å². The molecule has 0 bridgehead atoms. The number of nitrogens with two attached hydrogens (primary N) is 1. The predicted molar refractivity (Wildman–Crippen MR) is 111 cm³/mol. The van der Waals surface area contributed by atoms with Crippen molar-refractivity contribution in [3.05, 3.63) is 76.3 Å². The molecule has 4 rings (SSSR count). The molecule has 8 heteroatoms. The Kier molecular flexibility index (Phi) is 5.26. The van der Waals surface area contributed by atoms with Gasteiger partial charge >= 0.3 is 0 Å². The third-order valence-electron chi connectivity index (χ3n) is 4.75. The van der Waals surface area contributed by atoms with Gasteiger partial charge in [-0.2, -0.15) is 0 Å². The van der Waals surface area contributed by atoms with Crippen molar-refractivity contribution in [2.45, 2.75) is 0 Å². The van der Waals surface area contributed by atoms with Gasteiger partial charge in [-0.3, -0.25) is 9.59 Å². The van der Waals surface area contributed by atoms with Gasteiger partial charge in [0.1, 0.15) is 5.65 Å². The standard InChI is InChI=1S/C21H21N5O3/c22-18(17-12-15-2-1-7-23-19(15)25-20(17)27)13-24-16-5-3-14(4-6-16)21(28)26-8-10-29-11-9-26/h1-7,12-13,24H,8-11,22H2,(H,23,25,27)/b18-13-. The fourth-order valence-electron chi connectivity index (χ4n) is 3.15. The van der Waals surface area contributed by atoms with E-state index in [1.165, 1.54) is 0 Å². The number of H-pyrrole nitrogens is 1. The number of hydrogen-bond acceptors (Lipinski definition) is 6. The number of anilines is 1. The monoisotopic (exact) mass is 391 g/mol. The van der Waals surface area contributed by atoms with E-state index in [4.69, 9.17) is 10.5 Å². The molecule has 1 aliphatic rings. The van der Waals surface area contributed by atoms with Crippen LogP contribution in [-0.2, 0) is 4.74 Å². The van der Waals surface area contributed by atoms with Crippen LogP contribution in [0.15, 0.2) is 59.7 Å². The first-order valence-electron chi connectivity index (χ1n) is 9.29. The number of nitrogens with zero attached hydrogens (tertiary/aromatic N) is 2. The Morgan fingerprint density at radius 2 is 1.97 bits per heavy atom. The van der Waals surface area contributed by atoms with Gasteiger partial charge in [-0.05, 0) is 42.5 Å². The van der Waals surface area contributed by atoms with E-state index in [0.29, 0.717) is 48.8 Å². The maximum Gasteiger partial charge on any atom is 0.259 e. The fraction of sp³-hybridized carbons (Fsp3) is 0.190. The Hall–Kier alpha value is -3.65. The van der Waals surface area contributed by atoms with Gasteiger partial charge in [0.25, 0.3) is 11.5 Å². The van der Waals surface area contributed by atoms with Crippen molar-refractivity contribution < 1.29 is 9.53 Å². The Labute approximate surface area is 167 Å². The molecule has 1 fully saturated rings. The second kappa shape index (κ2) is 8.15. The summed E-state index contributed by atoms with van der Waals surface area (Å²) in [5, 5.41) is 3.86. The smallest absolute Gasteiger partial charge is 0.259 e. The largest absolute Gasteiger partial charge is 0.397 e. The lowest BCUT2D eigenvalue weighted by Crippen LogP contribution is -2.40. The molecule has 2 aromatic heterocycles. The van der Waals surface area contributed by atoms with Crippen LogP contribution in [0.5, 0.6) is 0 Å². The number of rotatable bonds is 4. The normalized spacial score (nSPS) is 14.8. The Morgan fingerprint density at radius 3 is 2.72 bits per heavy atom. The molecule has 29 heavy (non-hydrogen) atoms. The number of hydrogen-bond donors (Lipinski definition) is 3. The molecule has 0 unspecified atom stereocenters. The van der Waals surface area contributed by atoms with Crippen LogP contribution < -0.4 is 16.6 Å². The number of benzene rings is 1. The minimum absolute atomic E-state index is 0.00814. The van der Waals surface area contributed by atoms with Gasteiger partial charge in [0, 0.05) is 42.1 Å². The van der Waals surface area contributed by atoms with E-state index in [1.54, 1.807) is 53.7 Å². The molecular weight excluding hydrogens is 370 g/mol. The summed E-state index contributed by atoms with van der Waals surface area (Å²) >= 11 is 0. The number of aromatic amines is 1. The lowest BCUT2D eigenvalue weighted by atomic mass is 10.1. The maximum absolute atomic E-state index is 12.5. The van der Waals surface area contributed by atoms with Crippen molar-refractivity contribution in [1.82, 2.24) is 14.9 Å². The molecule has 3 heterocycles. The van der Waals surface area contributed by atoms with Crippen LogP contribution in [-0.4, -0.2) is 47.1 Å². The average Bonchev–Trinajstić information content (AvgIpc) is 2.77. The SMILES string of the molecule is N/C(=C\Nc1ccc(C(=O)N2CCOCC2)cc1)c1cc2cccnc2[nH]c1=O. The average molecular weight is 391 g/mol. The highest BCUT2D eigenvalue weighted by Gasteiger charge is 2.18. The molecule has 1 amide bonds. The number of amides is 1. The summed E-state index contributed by atoms with van der Waals surface area (Å²) in [6.45, 7) is 2.35. The molecule has 1 aliphatic heterocycles. The van der Waals surface area contributed by atoms with Crippen molar-refractivity contribution in [3.8, 4) is 0 Å². The number of carbonyl (C=O) groups excluding carboxylic acids is 1. The molecule has 4 N–H and O–H groups in total. The number of fused-ring (bicyclic) bond motifs is 1. The van der Waals surface area contributed by atoms with Gasteiger partial charge in [-0.15, -0.1) is 0 Å². The van der Waals surface area contributed by atoms with Crippen LogP contribution in [0.25, 0.3) is 16.7 Å². The first-order chi connectivity index (χ1) is 14.1. The molecule has 3 aromatic rings. The first kappa shape index (κ1) is 18.7. The Bertz CT molecular complexity index is 1120. The van der Waals surface area contributed by atoms with Gasteiger partial charge in [0.15, 0.2) is 0 Å². The van der Waals surface area contributed by atoms with Crippen molar-refractivity contribution in [2.75, 3.05) is 31.6 Å². The second-order valence-corrected chi connectivity index (χ2v) is 6.68. The van der Waals surface area contributed by atoms with E-state index >= 15 is 0 Å². The summed E-state index contributed by atoms with van der Waals surface area (Å²) in [7, 11) is 0. The van der Waals surface area contributed by atoms with E-state index in [1.807, 2.05) is 6.07 Å². The highest BCUT2D eigenvalue weighted by Crippen LogP contribution is 2.15. The van der Waals surface area contributed by atoms with Crippen LogP contribution >= 0.6 is 0 Å². The maximum atomic E-state index is 12.5. The third kappa shape index (κ3) is 4.12. The lowest BCUT2D eigenvalue weighted by Gasteiger charge is -2.26. The summed E-state index contributed by atoms with van der Waals surface area (Å²) in [6.07, 6.45) is 3.18.